The first-order valence-electron chi connectivity index (χ1n) is 6.65. The van der Waals surface area contributed by atoms with Gasteiger partial charge in [0.25, 0.3) is 0 Å². The van der Waals surface area contributed by atoms with Gasteiger partial charge in [0.1, 0.15) is 16.9 Å². The van der Waals surface area contributed by atoms with E-state index in [1.54, 1.807) is 11.3 Å². The Kier molecular flexibility index (Phi) is 3.84. The van der Waals surface area contributed by atoms with Crippen LogP contribution in [0.1, 0.15) is 24.4 Å². The third-order valence-electron chi connectivity index (χ3n) is 3.50. The van der Waals surface area contributed by atoms with E-state index >= 15 is 0 Å². The molecule has 1 aromatic heterocycles. The minimum absolute atomic E-state index is 0.118. The average molecular weight is 353 g/mol. The monoisotopic (exact) mass is 352 g/mol. The number of halogens is 1. The van der Waals surface area contributed by atoms with Gasteiger partial charge < -0.3 is 10.1 Å². The molecule has 20 heavy (non-hydrogen) atoms. The molecule has 1 aromatic carbocycles. The first-order chi connectivity index (χ1) is 9.54. The lowest BCUT2D eigenvalue weighted by Crippen LogP contribution is -2.42. The maximum Gasteiger partial charge on any atom is 0.123 e. The molecule has 0 saturated carbocycles. The topological polar surface area (TPSA) is 34.1 Å². The second kappa shape index (κ2) is 5.47. The average Bonchev–Trinajstić information content (AvgIpc) is 3.05. The van der Waals surface area contributed by atoms with Gasteiger partial charge in [-0.2, -0.15) is 0 Å². The molecule has 1 aliphatic heterocycles. The molecule has 1 atom stereocenters. The van der Waals surface area contributed by atoms with E-state index in [9.17, 15) is 0 Å². The number of fused-ring (bicyclic) bond motifs is 1. The lowest BCUT2D eigenvalue weighted by atomic mass is 10.1. The fraction of sp³-hybridized carbons (Fsp3) is 0.400. The van der Waals surface area contributed by atoms with Gasteiger partial charge in [-0.1, -0.05) is 15.9 Å². The molecule has 3 nitrogen and oxygen atoms in total. The van der Waals surface area contributed by atoms with E-state index in [-0.39, 0.29) is 11.6 Å². The summed E-state index contributed by atoms with van der Waals surface area (Å²) >= 11 is 5.18. The Bertz CT molecular complexity index is 598. The van der Waals surface area contributed by atoms with Crippen LogP contribution in [0.5, 0.6) is 5.75 Å². The van der Waals surface area contributed by atoms with Crippen molar-refractivity contribution in [1.29, 1.82) is 0 Å². The van der Waals surface area contributed by atoms with Crippen molar-refractivity contribution in [2.24, 2.45) is 0 Å². The number of hydrogen-bond acceptors (Lipinski definition) is 4. The highest BCUT2D eigenvalue weighted by molar-refractivity contribution is 9.10. The van der Waals surface area contributed by atoms with Crippen LogP contribution < -0.4 is 10.1 Å². The Morgan fingerprint density at radius 3 is 3.10 bits per heavy atom. The van der Waals surface area contributed by atoms with Crippen LogP contribution in [0.2, 0.25) is 0 Å². The fourth-order valence-electron chi connectivity index (χ4n) is 2.38. The molecule has 0 fully saturated rings. The molecule has 0 spiro atoms. The van der Waals surface area contributed by atoms with Crippen LogP contribution in [0.15, 0.2) is 34.2 Å². The number of hydrogen-bond donors (Lipinski definition) is 1. The van der Waals surface area contributed by atoms with Crippen molar-refractivity contribution in [3.63, 3.8) is 0 Å². The molecular formula is C15H17BrN2OS. The number of nitrogens with one attached hydrogen (secondary N) is 1. The summed E-state index contributed by atoms with van der Waals surface area (Å²) < 4.78 is 7.08. The number of rotatable bonds is 4. The minimum atomic E-state index is -0.118. The van der Waals surface area contributed by atoms with Crippen LogP contribution in [0.4, 0.5) is 0 Å². The Balaban J connectivity index is 1.61. The molecule has 0 amide bonds. The van der Waals surface area contributed by atoms with Crippen LogP contribution in [0, 0.1) is 0 Å². The van der Waals surface area contributed by atoms with Crippen molar-refractivity contribution in [2.75, 3.05) is 6.54 Å². The zero-order chi connectivity index (χ0) is 14.2. The highest BCUT2D eigenvalue weighted by Crippen LogP contribution is 2.31. The number of thiazole rings is 1. The van der Waals surface area contributed by atoms with E-state index in [4.69, 9.17) is 4.74 Å². The zero-order valence-electron chi connectivity index (χ0n) is 11.5. The molecule has 2 heterocycles. The van der Waals surface area contributed by atoms with Crippen LogP contribution in [-0.2, 0) is 12.0 Å². The third kappa shape index (κ3) is 2.90. The van der Waals surface area contributed by atoms with Crippen molar-refractivity contribution < 1.29 is 4.74 Å². The van der Waals surface area contributed by atoms with Gasteiger partial charge >= 0.3 is 0 Å². The summed E-state index contributed by atoms with van der Waals surface area (Å²) in [5.41, 5.74) is 1.16. The van der Waals surface area contributed by atoms with Crippen LogP contribution >= 0.6 is 27.3 Å². The lowest BCUT2D eigenvalue weighted by molar-refractivity contribution is 0.209. The second-order valence-corrected chi connectivity index (χ2v) is 7.35. The van der Waals surface area contributed by atoms with Crippen LogP contribution in [0.3, 0.4) is 0 Å². The molecular weight excluding hydrogens is 336 g/mol. The lowest BCUT2D eigenvalue weighted by Gasteiger charge is -2.25. The molecule has 1 N–H and O–H groups in total. The molecule has 0 aliphatic carbocycles. The zero-order valence-corrected chi connectivity index (χ0v) is 13.9. The van der Waals surface area contributed by atoms with E-state index in [0.717, 1.165) is 28.2 Å². The summed E-state index contributed by atoms with van der Waals surface area (Å²) in [5.74, 6) is 1.01. The predicted molar refractivity (Wildman–Crippen MR) is 85.4 cm³/mol. The van der Waals surface area contributed by atoms with Crippen LogP contribution in [0.25, 0.3) is 0 Å². The van der Waals surface area contributed by atoms with Crippen molar-refractivity contribution in [2.45, 2.75) is 31.9 Å². The highest BCUT2D eigenvalue weighted by atomic mass is 79.9. The van der Waals surface area contributed by atoms with Gasteiger partial charge in [0.2, 0.25) is 0 Å². The van der Waals surface area contributed by atoms with Gasteiger partial charge in [0.05, 0.1) is 5.54 Å². The van der Waals surface area contributed by atoms with Crippen molar-refractivity contribution in [3.05, 3.63) is 44.8 Å². The number of ether oxygens (including phenoxy) is 1. The normalized spacial score (nSPS) is 17.9. The molecule has 106 valence electrons. The van der Waals surface area contributed by atoms with Crippen LogP contribution in [-0.4, -0.2) is 17.6 Å². The molecule has 2 aromatic rings. The quantitative estimate of drug-likeness (QED) is 0.909. The SMILES string of the molecule is CC(C)(NCC1Cc2cc(Br)ccc2O1)c1nccs1. The largest absolute Gasteiger partial charge is 0.488 e. The van der Waals surface area contributed by atoms with E-state index in [1.165, 1.54) is 5.56 Å². The summed E-state index contributed by atoms with van der Waals surface area (Å²) in [7, 11) is 0. The van der Waals surface area contributed by atoms with E-state index in [1.807, 2.05) is 23.7 Å². The highest BCUT2D eigenvalue weighted by Gasteiger charge is 2.27. The van der Waals surface area contributed by atoms with Crippen molar-refractivity contribution >= 4 is 27.3 Å². The summed E-state index contributed by atoms with van der Waals surface area (Å²) in [5, 5.41) is 6.68. The number of benzene rings is 1. The van der Waals surface area contributed by atoms with E-state index in [2.05, 4.69) is 46.1 Å². The van der Waals surface area contributed by atoms with Gasteiger partial charge in [0, 0.05) is 29.0 Å². The predicted octanol–water partition coefficient (Wildman–Crippen LogP) is 3.73. The van der Waals surface area contributed by atoms with Gasteiger partial charge in [-0.15, -0.1) is 11.3 Å². The standard InChI is InChI=1S/C15H17BrN2OS/c1-15(2,14-17-5-6-20-14)18-9-12-8-10-7-11(16)3-4-13(10)19-12/h3-7,12,18H,8-9H2,1-2H3. The van der Waals surface area contributed by atoms with Gasteiger partial charge in [-0.25, -0.2) is 4.98 Å². The molecule has 5 heteroatoms. The van der Waals surface area contributed by atoms with Crippen molar-refractivity contribution in [3.8, 4) is 5.75 Å². The fourth-order valence-corrected chi connectivity index (χ4v) is 3.53. The van der Waals surface area contributed by atoms with Crippen molar-refractivity contribution in [1.82, 2.24) is 10.3 Å². The third-order valence-corrected chi connectivity index (χ3v) is 5.09. The Hall–Kier alpha value is -0.910. The first-order valence-corrected chi connectivity index (χ1v) is 8.32. The molecule has 0 radical (unpaired) electrons. The van der Waals surface area contributed by atoms with E-state index < -0.39 is 0 Å². The summed E-state index contributed by atoms with van der Waals surface area (Å²) in [4.78, 5) is 4.39. The molecule has 0 saturated heterocycles. The minimum Gasteiger partial charge on any atom is -0.488 e. The first kappa shape index (κ1) is 14.0. The second-order valence-electron chi connectivity index (χ2n) is 5.54. The molecule has 0 bridgehead atoms. The summed E-state index contributed by atoms with van der Waals surface area (Å²) in [6.07, 6.45) is 3.00. The molecule has 1 unspecified atom stereocenters. The Morgan fingerprint density at radius 2 is 2.35 bits per heavy atom. The van der Waals surface area contributed by atoms with Gasteiger partial charge in [-0.3, -0.25) is 0 Å². The molecule has 1 aliphatic rings. The summed E-state index contributed by atoms with van der Waals surface area (Å²) in [6, 6.07) is 6.20. The maximum atomic E-state index is 5.97. The Labute approximate surface area is 131 Å². The van der Waals surface area contributed by atoms with Gasteiger partial charge in [0.15, 0.2) is 0 Å². The number of nitrogens with zero attached hydrogens (tertiary/aromatic N) is 1. The smallest absolute Gasteiger partial charge is 0.123 e. The Morgan fingerprint density at radius 1 is 1.50 bits per heavy atom. The maximum absolute atomic E-state index is 5.97. The number of aromatic nitrogens is 1. The molecule has 3 rings (SSSR count). The summed E-state index contributed by atoms with van der Waals surface area (Å²) in [6.45, 7) is 5.13. The van der Waals surface area contributed by atoms with E-state index in [0.29, 0.717) is 0 Å². The van der Waals surface area contributed by atoms with Gasteiger partial charge in [-0.05, 0) is 37.6 Å².